The molecule has 2 rings (SSSR count). The summed E-state index contributed by atoms with van der Waals surface area (Å²) in [5.41, 5.74) is 2.28. The van der Waals surface area contributed by atoms with Gasteiger partial charge in [0.05, 0.1) is 15.7 Å². The standard InChI is InChI=1S/C16H24ClNOS/c1-11-10-13(8-9-14(11)17)15(12-6-5-7-12)18-20(19)16(2,3)4/h8-10,12,15,18H,5-7H2,1-4H3/t15-,20-/m0/s1. The molecule has 112 valence electrons. The van der Waals surface area contributed by atoms with Crippen molar-refractivity contribution in [1.82, 2.24) is 4.72 Å². The smallest absolute Gasteiger partial charge is 0.0976 e. The van der Waals surface area contributed by atoms with E-state index in [1.54, 1.807) is 0 Å². The summed E-state index contributed by atoms with van der Waals surface area (Å²) in [5, 5.41) is 0.790. The van der Waals surface area contributed by atoms with E-state index in [4.69, 9.17) is 11.6 Å². The van der Waals surface area contributed by atoms with Crippen molar-refractivity contribution in [3.05, 3.63) is 34.3 Å². The molecule has 4 heteroatoms. The van der Waals surface area contributed by atoms with Crippen LogP contribution < -0.4 is 4.72 Å². The first kappa shape index (κ1) is 16.0. The van der Waals surface area contributed by atoms with E-state index in [1.165, 1.54) is 24.8 Å². The van der Waals surface area contributed by atoms with E-state index in [0.29, 0.717) is 5.92 Å². The first-order chi connectivity index (χ1) is 9.29. The average Bonchev–Trinajstić information content (AvgIpc) is 2.28. The Bertz CT molecular complexity index is 506. The van der Waals surface area contributed by atoms with Crippen LogP contribution in [0.5, 0.6) is 0 Å². The van der Waals surface area contributed by atoms with Crippen molar-refractivity contribution in [3.8, 4) is 0 Å². The predicted octanol–water partition coefficient (Wildman–Crippen LogP) is 4.54. The molecule has 1 N–H and O–H groups in total. The van der Waals surface area contributed by atoms with Crippen LogP contribution in [-0.4, -0.2) is 8.96 Å². The summed E-state index contributed by atoms with van der Waals surface area (Å²) in [6.07, 6.45) is 3.69. The number of halogens is 1. The lowest BCUT2D eigenvalue weighted by molar-refractivity contribution is 0.252. The molecule has 0 amide bonds. The van der Waals surface area contributed by atoms with Crippen molar-refractivity contribution in [1.29, 1.82) is 0 Å². The molecule has 0 heterocycles. The highest BCUT2D eigenvalue weighted by Crippen LogP contribution is 2.39. The average molecular weight is 314 g/mol. The van der Waals surface area contributed by atoms with E-state index in [1.807, 2.05) is 33.8 Å². The quantitative estimate of drug-likeness (QED) is 0.868. The van der Waals surface area contributed by atoms with Crippen LogP contribution in [0.4, 0.5) is 0 Å². The second-order valence-electron chi connectivity index (χ2n) is 6.68. The van der Waals surface area contributed by atoms with Crippen LogP contribution in [0.3, 0.4) is 0 Å². The third-order valence-electron chi connectivity index (χ3n) is 3.95. The molecule has 1 fully saturated rings. The molecule has 0 unspecified atom stereocenters. The number of nitrogens with one attached hydrogen (secondary N) is 1. The van der Waals surface area contributed by atoms with Crippen molar-refractivity contribution < 1.29 is 4.21 Å². The monoisotopic (exact) mass is 313 g/mol. The van der Waals surface area contributed by atoms with E-state index >= 15 is 0 Å². The topological polar surface area (TPSA) is 29.1 Å². The van der Waals surface area contributed by atoms with E-state index in [2.05, 4.69) is 16.9 Å². The summed E-state index contributed by atoms with van der Waals surface area (Å²) in [6.45, 7) is 8.02. The van der Waals surface area contributed by atoms with Crippen LogP contribution in [0.25, 0.3) is 0 Å². The summed E-state index contributed by atoms with van der Waals surface area (Å²) in [5.74, 6) is 0.585. The van der Waals surface area contributed by atoms with E-state index in [0.717, 1.165) is 10.6 Å². The summed E-state index contributed by atoms with van der Waals surface area (Å²) in [6, 6.07) is 6.29. The number of hydrogen-bond donors (Lipinski definition) is 1. The molecule has 0 aromatic heterocycles. The fourth-order valence-corrected chi connectivity index (χ4v) is 3.39. The summed E-state index contributed by atoms with van der Waals surface area (Å²) in [7, 11) is -1.05. The van der Waals surface area contributed by atoms with Crippen LogP contribution in [0.2, 0.25) is 5.02 Å². The SMILES string of the molecule is Cc1cc([C@@H](N[S@@](=O)C(C)(C)C)C2CCC2)ccc1Cl. The van der Waals surface area contributed by atoms with Gasteiger partial charge < -0.3 is 0 Å². The van der Waals surface area contributed by atoms with Gasteiger partial charge in [0, 0.05) is 11.1 Å². The normalized spacial score (nSPS) is 19.4. The Morgan fingerprint density at radius 3 is 2.45 bits per heavy atom. The lowest BCUT2D eigenvalue weighted by Gasteiger charge is -2.36. The zero-order valence-corrected chi connectivity index (χ0v) is 14.3. The molecule has 0 saturated heterocycles. The number of benzene rings is 1. The van der Waals surface area contributed by atoms with Crippen molar-refractivity contribution >= 4 is 22.6 Å². The first-order valence-electron chi connectivity index (χ1n) is 7.23. The van der Waals surface area contributed by atoms with Crippen molar-refractivity contribution in [2.24, 2.45) is 5.92 Å². The third-order valence-corrected chi connectivity index (χ3v) is 5.96. The largest absolute Gasteiger partial charge is 0.242 e. The summed E-state index contributed by atoms with van der Waals surface area (Å²) in [4.78, 5) is 0. The summed E-state index contributed by atoms with van der Waals surface area (Å²) < 4.78 is 15.5. The minimum Gasteiger partial charge on any atom is -0.242 e. The Kier molecular flexibility index (Phi) is 4.93. The lowest BCUT2D eigenvalue weighted by atomic mass is 9.77. The van der Waals surface area contributed by atoms with Crippen LogP contribution >= 0.6 is 11.6 Å². The Balaban J connectivity index is 2.23. The highest BCUT2D eigenvalue weighted by molar-refractivity contribution is 7.84. The number of hydrogen-bond acceptors (Lipinski definition) is 1. The Morgan fingerprint density at radius 1 is 1.35 bits per heavy atom. The molecule has 2 atom stereocenters. The van der Waals surface area contributed by atoms with Gasteiger partial charge in [-0.3, -0.25) is 0 Å². The molecule has 1 aliphatic carbocycles. The molecular weight excluding hydrogens is 290 g/mol. The second-order valence-corrected chi connectivity index (χ2v) is 9.08. The van der Waals surface area contributed by atoms with Gasteiger partial charge in [0.25, 0.3) is 0 Å². The van der Waals surface area contributed by atoms with Crippen molar-refractivity contribution in [3.63, 3.8) is 0 Å². The van der Waals surface area contributed by atoms with Gasteiger partial charge >= 0.3 is 0 Å². The van der Waals surface area contributed by atoms with E-state index in [9.17, 15) is 4.21 Å². The Labute approximate surface area is 129 Å². The molecule has 0 aliphatic heterocycles. The van der Waals surface area contributed by atoms with Gasteiger partial charge in [-0.05, 0) is 63.6 Å². The maximum Gasteiger partial charge on any atom is 0.0976 e. The zero-order valence-electron chi connectivity index (χ0n) is 12.7. The maximum absolute atomic E-state index is 12.4. The van der Waals surface area contributed by atoms with Gasteiger partial charge in [-0.1, -0.05) is 30.2 Å². The number of aryl methyl sites for hydroxylation is 1. The van der Waals surface area contributed by atoms with E-state index < -0.39 is 11.0 Å². The molecule has 0 radical (unpaired) electrons. The molecule has 0 bridgehead atoms. The molecule has 0 spiro atoms. The fourth-order valence-electron chi connectivity index (χ4n) is 2.36. The van der Waals surface area contributed by atoms with Gasteiger partial charge in [-0.2, -0.15) is 0 Å². The lowest BCUT2D eigenvalue weighted by Crippen LogP contribution is -2.40. The highest BCUT2D eigenvalue weighted by Gasteiger charge is 2.32. The summed E-state index contributed by atoms with van der Waals surface area (Å²) >= 11 is 6.11. The third kappa shape index (κ3) is 3.63. The highest BCUT2D eigenvalue weighted by atomic mass is 35.5. The van der Waals surface area contributed by atoms with Gasteiger partial charge in [0.1, 0.15) is 0 Å². The molecule has 1 aromatic rings. The molecular formula is C16H24ClNOS. The molecule has 1 saturated carbocycles. The molecule has 1 aliphatic rings. The molecule has 2 nitrogen and oxygen atoms in total. The number of rotatable bonds is 4. The van der Waals surface area contributed by atoms with Crippen LogP contribution in [-0.2, 0) is 11.0 Å². The zero-order chi connectivity index (χ0) is 14.9. The maximum atomic E-state index is 12.4. The Morgan fingerprint density at radius 2 is 2.00 bits per heavy atom. The van der Waals surface area contributed by atoms with Gasteiger partial charge in [0.15, 0.2) is 0 Å². The predicted molar refractivity (Wildman–Crippen MR) is 87.3 cm³/mol. The van der Waals surface area contributed by atoms with Crippen molar-refractivity contribution in [2.45, 2.75) is 57.7 Å². The van der Waals surface area contributed by atoms with Crippen LogP contribution in [0.15, 0.2) is 18.2 Å². The minimum absolute atomic E-state index is 0.166. The molecule has 1 aromatic carbocycles. The molecule has 20 heavy (non-hydrogen) atoms. The first-order valence-corrected chi connectivity index (χ1v) is 8.76. The second kappa shape index (κ2) is 6.17. The van der Waals surface area contributed by atoms with Crippen molar-refractivity contribution in [2.75, 3.05) is 0 Å². The van der Waals surface area contributed by atoms with Crippen LogP contribution in [0.1, 0.15) is 57.2 Å². The van der Waals surface area contributed by atoms with Gasteiger partial charge in [-0.25, -0.2) is 8.93 Å². The van der Waals surface area contributed by atoms with Crippen LogP contribution in [0, 0.1) is 12.8 Å². The van der Waals surface area contributed by atoms with Gasteiger partial charge in [-0.15, -0.1) is 0 Å². The minimum atomic E-state index is -1.05. The van der Waals surface area contributed by atoms with E-state index in [-0.39, 0.29) is 10.8 Å². The van der Waals surface area contributed by atoms with Gasteiger partial charge in [0.2, 0.25) is 0 Å². The fraction of sp³-hybridized carbons (Fsp3) is 0.625. The Hall–Kier alpha value is -0.380.